The molecule has 1 aromatic rings. The summed E-state index contributed by atoms with van der Waals surface area (Å²) in [5, 5.41) is 26.2. The molecule has 0 aromatic heterocycles. The zero-order valence-electron chi connectivity index (χ0n) is 23.1. The molecule has 39 heavy (non-hydrogen) atoms. The van der Waals surface area contributed by atoms with E-state index < -0.39 is 23.6 Å². The van der Waals surface area contributed by atoms with Gasteiger partial charge in [0.15, 0.2) is 0 Å². The highest BCUT2D eigenvalue weighted by molar-refractivity contribution is 6.30. The summed E-state index contributed by atoms with van der Waals surface area (Å²) in [5.74, 6) is 1.05. The molecular weight excluding hydrogens is 521 g/mol. The average molecular weight is 566 g/mol. The first-order valence-corrected chi connectivity index (χ1v) is 15.2. The number of ether oxygens (including phenoxy) is 1. The van der Waals surface area contributed by atoms with Crippen molar-refractivity contribution in [2.45, 2.75) is 82.0 Å². The van der Waals surface area contributed by atoms with Crippen molar-refractivity contribution in [1.29, 1.82) is 0 Å². The SMILES string of the molecule is COCCCC[C@@](O)(c1cccc(Cl)c1F)C1CCCN(C(=O)NC[C@@H](N)[C@@H](O)C23CC4CC(CC2C4)C3)C1. The van der Waals surface area contributed by atoms with E-state index in [1.54, 1.807) is 24.1 Å². The first kappa shape index (κ1) is 29.1. The van der Waals surface area contributed by atoms with Crippen LogP contribution in [-0.4, -0.2) is 66.6 Å². The minimum absolute atomic E-state index is 0.0238. The van der Waals surface area contributed by atoms with Gasteiger partial charge in [0.05, 0.1) is 16.7 Å². The molecule has 6 rings (SSSR count). The van der Waals surface area contributed by atoms with Crippen LogP contribution in [0.1, 0.15) is 69.8 Å². The number of hydrogen-bond acceptors (Lipinski definition) is 5. The van der Waals surface area contributed by atoms with Crippen molar-refractivity contribution in [3.8, 4) is 0 Å². The van der Waals surface area contributed by atoms with Gasteiger partial charge >= 0.3 is 6.03 Å². The Kier molecular flexibility index (Phi) is 8.80. The largest absolute Gasteiger partial charge is 0.391 e. The number of likely N-dealkylation sites (tertiary alicyclic amines) is 1. The number of nitrogens with two attached hydrogens (primary N) is 1. The second-order valence-electron chi connectivity index (χ2n) is 12.8. The second-order valence-corrected chi connectivity index (χ2v) is 13.2. The van der Waals surface area contributed by atoms with Crippen LogP contribution in [0.2, 0.25) is 5.02 Å². The summed E-state index contributed by atoms with van der Waals surface area (Å²) in [5.41, 5.74) is 5.13. The standard InChI is InChI=1S/C30H45ClFN3O4/c1-39-11-3-2-9-30(38,23-7-4-8-24(31)26(23)32)21-6-5-10-35(18-21)28(37)34-17-25(33)27(36)29-15-19-12-20(16-29)14-22(29)13-19/h4,7-8,19-22,25,27,36,38H,2-3,5-6,9-18,33H2,1H3,(H,34,37)/t19?,20?,21?,22?,25-,27-,29?,30+/m1/s1. The molecule has 7 nitrogen and oxygen atoms in total. The monoisotopic (exact) mass is 565 g/mol. The fourth-order valence-corrected chi connectivity index (χ4v) is 8.96. The Balaban J connectivity index is 1.22. The summed E-state index contributed by atoms with van der Waals surface area (Å²) < 4.78 is 20.3. The van der Waals surface area contributed by atoms with Crippen molar-refractivity contribution in [2.75, 3.05) is 33.4 Å². The number of halogens is 2. The number of nitrogens with zero attached hydrogens (tertiary/aromatic N) is 1. The Hall–Kier alpha value is -1.45. The maximum Gasteiger partial charge on any atom is 0.317 e. The van der Waals surface area contributed by atoms with Gasteiger partial charge < -0.3 is 30.9 Å². The summed E-state index contributed by atoms with van der Waals surface area (Å²) in [6.45, 7) is 1.61. The highest BCUT2D eigenvalue weighted by atomic mass is 35.5. The molecule has 1 heterocycles. The predicted molar refractivity (Wildman–Crippen MR) is 149 cm³/mol. The van der Waals surface area contributed by atoms with Crippen molar-refractivity contribution in [2.24, 2.45) is 34.8 Å². The first-order chi connectivity index (χ1) is 18.7. The topological polar surface area (TPSA) is 108 Å². The van der Waals surface area contributed by atoms with Crippen LogP contribution >= 0.6 is 11.6 Å². The molecule has 1 aliphatic heterocycles. The highest BCUT2D eigenvalue weighted by Crippen LogP contribution is 2.66. The Morgan fingerprint density at radius 2 is 2.05 bits per heavy atom. The molecule has 5 fully saturated rings. The fourth-order valence-electron chi connectivity index (χ4n) is 8.79. The maximum absolute atomic E-state index is 15.2. The number of methoxy groups -OCH3 is 1. The van der Waals surface area contributed by atoms with Crippen LogP contribution in [0.3, 0.4) is 0 Å². The van der Waals surface area contributed by atoms with Crippen LogP contribution in [0.5, 0.6) is 0 Å². The quantitative estimate of drug-likeness (QED) is 0.297. The minimum atomic E-state index is -1.46. The normalized spacial score (nSPS) is 32.7. The Morgan fingerprint density at radius 3 is 2.77 bits per heavy atom. The molecule has 6 atom stereocenters. The number of urea groups is 1. The summed E-state index contributed by atoms with van der Waals surface area (Å²) in [7, 11) is 1.63. The lowest BCUT2D eigenvalue weighted by Gasteiger charge is -2.43. The molecule has 3 unspecified atom stereocenters. The van der Waals surface area contributed by atoms with Gasteiger partial charge in [-0.15, -0.1) is 0 Å². The predicted octanol–water partition coefficient (Wildman–Crippen LogP) is 4.42. The smallest absolute Gasteiger partial charge is 0.317 e. The van der Waals surface area contributed by atoms with Crippen molar-refractivity contribution in [1.82, 2.24) is 10.2 Å². The van der Waals surface area contributed by atoms with Crippen molar-refractivity contribution in [3.05, 3.63) is 34.6 Å². The lowest BCUT2D eigenvalue weighted by Crippen LogP contribution is -2.56. The van der Waals surface area contributed by atoms with E-state index in [9.17, 15) is 15.0 Å². The third-order valence-electron chi connectivity index (χ3n) is 10.5. The molecule has 4 bridgehead atoms. The van der Waals surface area contributed by atoms with Crippen molar-refractivity contribution < 1.29 is 24.1 Å². The molecule has 0 spiro atoms. The summed E-state index contributed by atoms with van der Waals surface area (Å²) in [6.07, 6.45) is 8.33. The van der Waals surface area contributed by atoms with Gasteiger partial charge in [-0.05, 0) is 88.0 Å². The van der Waals surface area contributed by atoms with Gasteiger partial charge in [0.25, 0.3) is 0 Å². The molecule has 218 valence electrons. The molecule has 9 heteroatoms. The van der Waals surface area contributed by atoms with Gasteiger partial charge in [-0.1, -0.05) is 23.7 Å². The van der Waals surface area contributed by atoms with Crippen LogP contribution in [0.25, 0.3) is 0 Å². The molecule has 0 radical (unpaired) electrons. The Morgan fingerprint density at radius 1 is 1.31 bits per heavy atom. The van der Waals surface area contributed by atoms with Gasteiger partial charge in [-0.25, -0.2) is 9.18 Å². The molecule has 5 N–H and O–H groups in total. The van der Waals surface area contributed by atoms with Gasteiger partial charge in [-0.2, -0.15) is 0 Å². The number of benzene rings is 1. The zero-order chi connectivity index (χ0) is 27.8. The highest BCUT2D eigenvalue weighted by Gasteiger charge is 2.61. The number of carbonyl (C=O) groups excluding carboxylic acids is 1. The minimum Gasteiger partial charge on any atom is -0.391 e. The Labute approximate surface area is 236 Å². The third kappa shape index (κ3) is 5.56. The number of amides is 2. The van der Waals surface area contributed by atoms with E-state index in [2.05, 4.69) is 5.32 Å². The molecule has 1 aromatic carbocycles. The van der Waals surface area contributed by atoms with Crippen LogP contribution in [0.15, 0.2) is 18.2 Å². The maximum atomic E-state index is 15.2. The van der Waals surface area contributed by atoms with Crippen LogP contribution < -0.4 is 11.1 Å². The third-order valence-corrected chi connectivity index (χ3v) is 10.8. The average Bonchev–Trinajstić information content (AvgIpc) is 3.34. The summed E-state index contributed by atoms with van der Waals surface area (Å²) >= 11 is 6.10. The van der Waals surface area contributed by atoms with E-state index in [0.29, 0.717) is 51.3 Å². The van der Waals surface area contributed by atoms with Crippen LogP contribution in [-0.2, 0) is 10.3 Å². The summed E-state index contributed by atoms with van der Waals surface area (Å²) in [4.78, 5) is 14.9. The van der Waals surface area contributed by atoms with Crippen LogP contribution in [0.4, 0.5) is 9.18 Å². The van der Waals surface area contributed by atoms with E-state index in [4.69, 9.17) is 22.1 Å². The van der Waals surface area contributed by atoms with Crippen molar-refractivity contribution >= 4 is 17.6 Å². The van der Waals surface area contributed by atoms with E-state index >= 15 is 4.39 Å². The fraction of sp³-hybridized carbons (Fsp3) is 0.767. The Bertz CT molecular complexity index is 1020. The van der Waals surface area contributed by atoms with Gasteiger partial charge in [0, 0.05) is 56.3 Å². The van der Waals surface area contributed by atoms with E-state index in [1.165, 1.54) is 25.3 Å². The van der Waals surface area contributed by atoms with E-state index in [1.807, 2.05) is 0 Å². The second kappa shape index (κ2) is 11.8. The van der Waals surface area contributed by atoms with E-state index in [-0.39, 0.29) is 34.5 Å². The number of aliphatic hydroxyl groups excluding tert-OH is 1. The lowest BCUT2D eigenvalue weighted by atomic mass is 9.70. The number of unbranched alkanes of at least 4 members (excludes halogenated alkanes) is 1. The summed E-state index contributed by atoms with van der Waals surface area (Å²) in [6, 6.07) is 3.95. The van der Waals surface area contributed by atoms with Gasteiger partial charge in [0.1, 0.15) is 5.82 Å². The lowest BCUT2D eigenvalue weighted by molar-refractivity contribution is -0.0588. The van der Waals surface area contributed by atoms with Gasteiger partial charge in [0.2, 0.25) is 0 Å². The van der Waals surface area contributed by atoms with Crippen molar-refractivity contribution in [3.63, 3.8) is 0 Å². The number of nitrogens with one attached hydrogen (secondary N) is 1. The number of carbonyl (C=O) groups is 1. The molecule has 1 saturated heterocycles. The number of hydrogen-bond donors (Lipinski definition) is 4. The zero-order valence-corrected chi connectivity index (χ0v) is 23.8. The number of rotatable bonds is 11. The molecule has 4 aliphatic carbocycles. The van der Waals surface area contributed by atoms with Gasteiger partial charge in [-0.3, -0.25) is 0 Å². The molecular formula is C30H45ClFN3O4. The molecule has 5 aliphatic rings. The van der Waals surface area contributed by atoms with Crippen LogP contribution in [0, 0.1) is 34.9 Å². The first-order valence-electron chi connectivity index (χ1n) is 14.8. The molecule has 2 amide bonds. The molecule has 4 saturated carbocycles. The van der Waals surface area contributed by atoms with E-state index in [0.717, 1.165) is 31.1 Å². The number of piperidine rings is 1. The number of aliphatic hydroxyl groups is 2.